The monoisotopic (exact) mass is 533 g/mol. The van der Waals surface area contributed by atoms with E-state index in [1.807, 2.05) is 58.9 Å². The second kappa shape index (κ2) is 13.8. The summed E-state index contributed by atoms with van der Waals surface area (Å²) in [7, 11) is 0. The maximum absolute atomic E-state index is 14.3. The summed E-state index contributed by atoms with van der Waals surface area (Å²) in [6, 6.07) is 12.4. The largest absolute Gasteiger partial charge is 0.444 e. The first kappa shape index (κ1) is 31.4. The molecule has 2 rings (SSSR count). The highest BCUT2D eigenvalue weighted by molar-refractivity contribution is 5.99. The van der Waals surface area contributed by atoms with E-state index in [4.69, 9.17) is 11.2 Å². The van der Waals surface area contributed by atoms with Crippen molar-refractivity contribution < 1.29 is 19.1 Å². The lowest BCUT2D eigenvalue weighted by Crippen LogP contribution is -2.55. The highest BCUT2D eigenvalue weighted by Crippen LogP contribution is 2.29. The number of ether oxygens (including phenoxy) is 1. The van der Waals surface area contributed by atoms with Crippen molar-refractivity contribution >= 4 is 23.6 Å². The summed E-state index contributed by atoms with van der Waals surface area (Å²) in [6.07, 6.45) is 5.87. The van der Waals surface area contributed by atoms with Crippen molar-refractivity contribution in [3.8, 4) is 12.3 Å². The molecule has 0 fully saturated rings. The van der Waals surface area contributed by atoms with Gasteiger partial charge in [-0.15, -0.1) is 6.42 Å². The molecule has 0 aromatic heterocycles. The predicted molar refractivity (Wildman–Crippen MR) is 156 cm³/mol. The number of alkyl carbamates (subject to hydrolysis) is 1. The number of benzene rings is 2. The van der Waals surface area contributed by atoms with Gasteiger partial charge >= 0.3 is 6.09 Å². The fourth-order valence-electron chi connectivity index (χ4n) is 4.23. The van der Waals surface area contributed by atoms with Crippen LogP contribution in [0.15, 0.2) is 48.5 Å². The van der Waals surface area contributed by atoms with Crippen molar-refractivity contribution in [3.05, 3.63) is 65.2 Å². The number of aryl methyl sites for hydroxylation is 1. The summed E-state index contributed by atoms with van der Waals surface area (Å²) < 4.78 is 5.46. The minimum absolute atomic E-state index is 0.0989. The fraction of sp³-hybridized carbons (Fsp3) is 0.469. The molecule has 3 amide bonds. The van der Waals surface area contributed by atoms with E-state index >= 15 is 0 Å². The van der Waals surface area contributed by atoms with E-state index in [2.05, 4.69) is 16.6 Å². The molecule has 210 valence electrons. The number of hydrogen-bond donors (Lipinski definition) is 2. The molecule has 3 unspecified atom stereocenters. The van der Waals surface area contributed by atoms with Gasteiger partial charge in [-0.05, 0) is 82.7 Å². The van der Waals surface area contributed by atoms with Gasteiger partial charge in [0.1, 0.15) is 17.7 Å². The maximum Gasteiger partial charge on any atom is 0.408 e. The van der Waals surface area contributed by atoms with E-state index < -0.39 is 23.8 Å². The van der Waals surface area contributed by atoms with Crippen molar-refractivity contribution in [2.75, 3.05) is 5.32 Å². The number of nitrogens with one attached hydrogen (secondary N) is 2. The summed E-state index contributed by atoms with van der Waals surface area (Å²) in [6.45, 7) is 15.0. The minimum atomic E-state index is -0.964. The summed E-state index contributed by atoms with van der Waals surface area (Å²) in [4.78, 5) is 42.6. The average Bonchev–Trinajstić information content (AvgIpc) is 2.86. The molecule has 0 aliphatic rings. The molecule has 0 spiro atoms. The normalized spacial score (nSPS) is 13.5. The molecule has 0 aliphatic carbocycles. The molecule has 0 saturated carbocycles. The van der Waals surface area contributed by atoms with Gasteiger partial charge in [0.25, 0.3) is 5.91 Å². The van der Waals surface area contributed by atoms with E-state index in [1.54, 1.807) is 49.9 Å². The first-order valence-corrected chi connectivity index (χ1v) is 13.5. The number of carbonyl (C=O) groups excluding carboxylic acids is 3. The Labute approximate surface area is 233 Å². The fourth-order valence-corrected chi connectivity index (χ4v) is 4.23. The smallest absolute Gasteiger partial charge is 0.408 e. The van der Waals surface area contributed by atoms with Crippen LogP contribution in [0, 0.1) is 25.2 Å². The summed E-state index contributed by atoms with van der Waals surface area (Å²) in [5.41, 5.74) is 2.13. The van der Waals surface area contributed by atoms with Crippen molar-refractivity contribution in [2.45, 2.75) is 92.0 Å². The lowest BCUT2D eigenvalue weighted by atomic mass is 9.96. The second-order valence-electron chi connectivity index (χ2n) is 11.3. The van der Waals surface area contributed by atoms with Gasteiger partial charge < -0.3 is 20.3 Å². The van der Waals surface area contributed by atoms with E-state index in [-0.39, 0.29) is 23.8 Å². The Kier molecular flexibility index (Phi) is 11.2. The molecular formula is C32H43N3O4. The van der Waals surface area contributed by atoms with Gasteiger partial charge in [0.05, 0.1) is 0 Å². The molecule has 0 radical (unpaired) electrons. The third-order valence-electron chi connectivity index (χ3n) is 6.34. The van der Waals surface area contributed by atoms with Crippen molar-refractivity contribution in [1.82, 2.24) is 10.2 Å². The number of carbonyl (C=O) groups is 3. The quantitative estimate of drug-likeness (QED) is 0.355. The molecule has 7 nitrogen and oxygen atoms in total. The number of terminal acetylenes is 1. The Balaban J connectivity index is 2.59. The van der Waals surface area contributed by atoms with E-state index in [0.29, 0.717) is 29.7 Å². The van der Waals surface area contributed by atoms with Gasteiger partial charge in [-0.2, -0.15) is 0 Å². The van der Waals surface area contributed by atoms with Gasteiger partial charge in [0, 0.05) is 17.3 Å². The number of rotatable bonds is 10. The summed E-state index contributed by atoms with van der Waals surface area (Å²) in [5.74, 6) is 1.99. The molecule has 2 aromatic carbocycles. The molecule has 0 heterocycles. The van der Waals surface area contributed by atoms with Crippen LogP contribution in [0.3, 0.4) is 0 Å². The van der Waals surface area contributed by atoms with Crippen molar-refractivity contribution in [1.29, 1.82) is 0 Å². The van der Waals surface area contributed by atoms with Crippen LogP contribution in [0.5, 0.6) is 0 Å². The van der Waals surface area contributed by atoms with Gasteiger partial charge in [0.15, 0.2) is 0 Å². The van der Waals surface area contributed by atoms with Gasteiger partial charge in [-0.1, -0.05) is 57.0 Å². The third-order valence-corrected chi connectivity index (χ3v) is 6.34. The summed E-state index contributed by atoms with van der Waals surface area (Å²) in [5, 5.41) is 5.79. The molecule has 2 aromatic rings. The molecule has 0 bridgehead atoms. The standard InChI is InChI=1S/C32H43N3O4/c1-10-23(6)35(30(37)27(20-21(3)4)34-31(38)39-32(7,8)9)28(25-18-16-24(11-2)17-19-25)29(36)33-26-15-13-12-14-22(26)5/h2,12-19,21,23,27-28H,10,20H2,1,3-9H3,(H,33,36)(H,34,38). The van der Waals surface area contributed by atoms with Crippen LogP contribution in [0.25, 0.3) is 0 Å². The summed E-state index contributed by atoms with van der Waals surface area (Å²) >= 11 is 0. The third kappa shape index (κ3) is 9.17. The van der Waals surface area contributed by atoms with Crippen LogP contribution in [0.4, 0.5) is 10.5 Å². The molecule has 0 aliphatic heterocycles. The Bertz CT molecular complexity index is 1180. The Morgan fingerprint density at radius 2 is 1.64 bits per heavy atom. The molecule has 39 heavy (non-hydrogen) atoms. The number of anilines is 1. The highest BCUT2D eigenvalue weighted by atomic mass is 16.6. The molecule has 3 atom stereocenters. The lowest BCUT2D eigenvalue weighted by Gasteiger charge is -2.38. The Morgan fingerprint density at radius 3 is 2.15 bits per heavy atom. The zero-order chi connectivity index (χ0) is 29.3. The molecule has 2 N–H and O–H groups in total. The van der Waals surface area contributed by atoms with Crippen LogP contribution in [0.1, 0.15) is 84.0 Å². The van der Waals surface area contributed by atoms with E-state index in [0.717, 1.165) is 5.56 Å². The zero-order valence-corrected chi connectivity index (χ0v) is 24.5. The number of hydrogen-bond acceptors (Lipinski definition) is 4. The van der Waals surface area contributed by atoms with Crippen LogP contribution in [-0.4, -0.2) is 40.5 Å². The first-order valence-electron chi connectivity index (χ1n) is 13.5. The van der Waals surface area contributed by atoms with Crippen LogP contribution in [0.2, 0.25) is 0 Å². The lowest BCUT2D eigenvalue weighted by molar-refractivity contribution is -0.143. The van der Waals surface area contributed by atoms with Gasteiger partial charge in [0.2, 0.25) is 5.91 Å². The SMILES string of the molecule is C#Cc1ccc(C(C(=O)Nc2ccccc2C)N(C(=O)C(CC(C)C)NC(=O)OC(C)(C)C)C(C)CC)cc1. The molecular weight excluding hydrogens is 490 g/mol. The average molecular weight is 534 g/mol. The maximum atomic E-state index is 14.3. The topological polar surface area (TPSA) is 87.7 Å². The van der Waals surface area contributed by atoms with Crippen LogP contribution < -0.4 is 10.6 Å². The van der Waals surface area contributed by atoms with Crippen LogP contribution >= 0.6 is 0 Å². The van der Waals surface area contributed by atoms with E-state index in [1.165, 1.54) is 0 Å². The predicted octanol–water partition coefficient (Wildman–Crippen LogP) is 6.22. The van der Waals surface area contributed by atoms with Gasteiger partial charge in [-0.3, -0.25) is 9.59 Å². The van der Waals surface area contributed by atoms with E-state index in [9.17, 15) is 14.4 Å². The minimum Gasteiger partial charge on any atom is -0.444 e. The number of nitrogens with zero attached hydrogens (tertiary/aromatic N) is 1. The molecule has 7 heteroatoms. The molecule has 0 saturated heterocycles. The van der Waals surface area contributed by atoms with Crippen molar-refractivity contribution in [3.63, 3.8) is 0 Å². The number of amides is 3. The van der Waals surface area contributed by atoms with Crippen LogP contribution in [-0.2, 0) is 14.3 Å². The zero-order valence-electron chi connectivity index (χ0n) is 24.5. The van der Waals surface area contributed by atoms with Gasteiger partial charge in [-0.25, -0.2) is 4.79 Å². The second-order valence-corrected chi connectivity index (χ2v) is 11.3. The Hall–Kier alpha value is -3.79. The number of para-hydroxylation sites is 1. The Morgan fingerprint density at radius 1 is 1.03 bits per heavy atom. The van der Waals surface area contributed by atoms with Crippen molar-refractivity contribution in [2.24, 2.45) is 5.92 Å². The first-order chi connectivity index (χ1) is 18.3. The highest BCUT2D eigenvalue weighted by Gasteiger charge is 2.38.